The van der Waals surface area contributed by atoms with Gasteiger partial charge in [-0.3, -0.25) is 4.98 Å². The maximum absolute atomic E-state index is 5.66. The summed E-state index contributed by atoms with van der Waals surface area (Å²) in [5.41, 5.74) is 3.37. The van der Waals surface area contributed by atoms with E-state index in [1.165, 1.54) is 0 Å². The molecule has 0 amide bonds. The molecule has 0 aliphatic heterocycles. The Labute approximate surface area is 246 Å². The van der Waals surface area contributed by atoms with Crippen LogP contribution >= 0.6 is 0 Å². The first-order chi connectivity index (χ1) is 20.7. The van der Waals surface area contributed by atoms with E-state index in [0.717, 1.165) is 22.8 Å². The van der Waals surface area contributed by atoms with Crippen LogP contribution in [0, 0.1) is 13.8 Å². The summed E-state index contributed by atoms with van der Waals surface area (Å²) < 4.78 is 44.2. The van der Waals surface area contributed by atoms with Crippen molar-refractivity contribution in [1.29, 1.82) is 0 Å². The maximum atomic E-state index is 5.66. The highest BCUT2D eigenvalue weighted by atomic mass is 16.6. The first kappa shape index (κ1) is 33.2. The lowest BCUT2D eigenvalue weighted by atomic mass is 10.3. The Hall–Kier alpha value is -3.33. The standard InChI is InChI=1S/C29H41N5O8/c1-24-6-8-28(33-31-24)41-20-18-37-12-10-35-14-16-39-22-26-4-3-5-27(30-26)23-40-17-15-36-11-13-38-19-21-42-29-9-7-25(2)32-34-29/h3-9H,10-23H2,1-2H3. The molecular weight excluding hydrogens is 546 g/mol. The van der Waals surface area contributed by atoms with Crippen LogP contribution in [-0.2, 0) is 41.6 Å². The van der Waals surface area contributed by atoms with E-state index in [9.17, 15) is 0 Å². The summed E-state index contributed by atoms with van der Waals surface area (Å²) in [7, 11) is 0. The van der Waals surface area contributed by atoms with E-state index in [1.54, 1.807) is 12.1 Å². The Morgan fingerprint density at radius 1 is 0.429 bits per heavy atom. The first-order valence-corrected chi connectivity index (χ1v) is 14.0. The highest BCUT2D eigenvalue weighted by Gasteiger charge is 2.01. The van der Waals surface area contributed by atoms with Crippen LogP contribution in [0.4, 0.5) is 0 Å². The van der Waals surface area contributed by atoms with Gasteiger partial charge in [0.25, 0.3) is 0 Å². The molecule has 3 aromatic heterocycles. The Kier molecular flexibility index (Phi) is 16.9. The summed E-state index contributed by atoms with van der Waals surface area (Å²) in [6, 6.07) is 13.0. The van der Waals surface area contributed by atoms with Crippen molar-refractivity contribution in [3.63, 3.8) is 0 Å². The average molecular weight is 588 g/mol. The summed E-state index contributed by atoms with van der Waals surface area (Å²) in [4.78, 5) is 4.56. The molecule has 3 aromatic rings. The third-order valence-electron chi connectivity index (χ3n) is 5.35. The number of ether oxygens (including phenoxy) is 8. The van der Waals surface area contributed by atoms with Gasteiger partial charge in [0.1, 0.15) is 13.2 Å². The van der Waals surface area contributed by atoms with E-state index in [4.69, 9.17) is 37.9 Å². The molecule has 0 aliphatic rings. The van der Waals surface area contributed by atoms with Crippen LogP contribution in [0.1, 0.15) is 22.8 Å². The molecule has 0 unspecified atom stereocenters. The average Bonchev–Trinajstić information content (AvgIpc) is 3.00. The molecule has 0 fully saturated rings. The predicted molar refractivity (Wildman–Crippen MR) is 151 cm³/mol. The Bertz CT molecular complexity index is 1010. The quantitative estimate of drug-likeness (QED) is 0.142. The van der Waals surface area contributed by atoms with E-state index in [2.05, 4.69) is 25.4 Å². The number of rotatable bonds is 24. The molecule has 0 aliphatic carbocycles. The second kappa shape index (κ2) is 21.4. The van der Waals surface area contributed by atoms with Crippen molar-refractivity contribution >= 4 is 0 Å². The fraction of sp³-hybridized carbons (Fsp3) is 0.552. The summed E-state index contributed by atoms with van der Waals surface area (Å²) in [5.74, 6) is 0.976. The van der Waals surface area contributed by atoms with Gasteiger partial charge in [0.05, 0.1) is 102 Å². The highest BCUT2D eigenvalue weighted by molar-refractivity contribution is 5.11. The van der Waals surface area contributed by atoms with Crippen molar-refractivity contribution in [2.75, 3.05) is 79.3 Å². The summed E-state index contributed by atoms with van der Waals surface area (Å²) >= 11 is 0. The zero-order chi connectivity index (χ0) is 29.5. The van der Waals surface area contributed by atoms with Gasteiger partial charge in [0.2, 0.25) is 11.8 Å². The number of aromatic nitrogens is 5. The number of hydrogen-bond donors (Lipinski definition) is 0. The van der Waals surface area contributed by atoms with Crippen molar-refractivity contribution in [3.05, 3.63) is 65.2 Å². The second-order valence-corrected chi connectivity index (χ2v) is 8.90. The van der Waals surface area contributed by atoms with E-state index in [0.29, 0.717) is 104 Å². The largest absolute Gasteiger partial charge is 0.474 e. The Morgan fingerprint density at radius 3 is 1.19 bits per heavy atom. The van der Waals surface area contributed by atoms with Crippen LogP contribution in [0.15, 0.2) is 42.5 Å². The van der Waals surface area contributed by atoms with Gasteiger partial charge in [-0.1, -0.05) is 6.07 Å². The molecule has 230 valence electrons. The molecule has 13 nitrogen and oxygen atoms in total. The van der Waals surface area contributed by atoms with Crippen LogP contribution in [0.2, 0.25) is 0 Å². The highest BCUT2D eigenvalue weighted by Crippen LogP contribution is 2.05. The molecule has 3 heterocycles. The molecule has 0 radical (unpaired) electrons. The topological polar surface area (TPSA) is 138 Å². The van der Waals surface area contributed by atoms with E-state index in [-0.39, 0.29) is 0 Å². The molecule has 0 N–H and O–H groups in total. The Balaban J connectivity index is 1.07. The second-order valence-electron chi connectivity index (χ2n) is 8.90. The third-order valence-corrected chi connectivity index (χ3v) is 5.35. The molecule has 0 atom stereocenters. The maximum Gasteiger partial charge on any atom is 0.233 e. The van der Waals surface area contributed by atoms with Gasteiger partial charge in [-0.05, 0) is 38.1 Å². The number of nitrogens with zero attached hydrogens (tertiary/aromatic N) is 5. The molecule has 0 saturated heterocycles. The lowest BCUT2D eigenvalue weighted by molar-refractivity contribution is 0.00392. The van der Waals surface area contributed by atoms with Crippen LogP contribution < -0.4 is 9.47 Å². The molecule has 0 spiro atoms. The van der Waals surface area contributed by atoms with Gasteiger partial charge >= 0.3 is 0 Å². The number of hydrogen-bond acceptors (Lipinski definition) is 13. The summed E-state index contributed by atoms with van der Waals surface area (Å²) in [6.45, 7) is 10.1. The predicted octanol–water partition coefficient (Wildman–Crippen LogP) is 2.54. The molecule has 42 heavy (non-hydrogen) atoms. The molecule has 0 bridgehead atoms. The van der Waals surface area contributed by atoms with Gasteiger partial charge in [0, 0.05) is 12.1 Å². The molecule has 0 aromatic carbocycles. The third kappa shape index (κ3) is 15.6. The number of pyridine rings is 1. The van der Waals surface area contributed by atoms with Gasteiger partial charge in [-0.15, -0.1) is 10.2 Å². The van der Waals surface area contributed by atoms with E-state index < -0.39 is 0 Å². The van der Waals surface area contributed by atoms with Gasteiger partial charge in [-0.25, -0.2) is 0 Å². The Morgan fingerprint density at radius 2 is 0.810 bits per heavy atom. The van der Waals surface area contributed by atoms with Crippen LogP contribution in [0.3, 0.4) is 0 Å². The molecule has 3 rings (SSSR count). The van der Waals surface area contributed by atoms with Crippen LogP contribution in [-0.4, -0.2) is 105 Å². The lowest BCUT2D eigenvalue weighted by Gasteiger charge is -2.09. The fourth-order valence-electron chi connectivity index (χ4n) is 3.26. The normalized spacial score (nSPS) is 11.1. The fourth-order valence-corrected chi connectivity index (χ4v) is 3.26. The molecular formula is C29H41N5O8. The van der Waals surface area contributed by atoms with Gasteiger partial charge in [-0.2, -0.15) is 10.2 Å². The minimum absolute atomic E-state index is 0.402. The van der Waals surface area contributed by atoms with Crippen molar-refractivity contribution in [2.24, 2.45) is 0 Å². The zero-order valence-electron chi connectivity index (χ0n) is 24.4. The molecule has 0 saturated carbocycles. The zero-order valence-corrected chi connectivity index (χ0v) is 24.4. The van der Waals surface area contributed by atoms with Crippen molar-refractivity contribution in [2.45, 2.75) is 27.1 Å². The summed E-state index contributed by atoms with van der Waals surface area (Å²) in [6.07, 6.45) is 0. The lowest BCUT2D eigenvalue weighted by Crippen LogP contribution is -2.13. The van der Waals surface area contributed by atoms with E-state index in [1.807, 2.05) is 44.2 Å². The van der Waals surface area contributed by atoms with E-state index >= 15 is 0 Å². The first-order valence-electron chi connectivity index (χ1n) is 14.0. The van der Waals surface area contributed by atoms with Gasteiger partial charge in [0.15, 0.2) is 0 Å². The monoisotopic (exact) mass is 587 g/mol. The van der Waals surface area contributed by atoms with Crippen LogP contribution in [0.5, 0.6) is 11.8 Å². The van der Waals surface area contributed by atoms with Crippen molar-refractivity contribution in [1.82, 2.24) is 25.4 Å². The minimum Gasteiger partial charge on any atom is -0.474 e. The van der Waals surface area contributed by atoms with Gasteiger partial charge < -0.3 is 37.9 Å². The number of aryl methyl sites for hydroxylation is 2. The van der Waals surface area contributed by atoms with Crippen LogP contribution in [0.25, 0.3) is 0 Å². The minimum atomic E-state index is 0.402. The molecule has 13 heteroatoms. The SMILES string of the molecule is Cc1ccc(OCCOCCOCCOCc2cccc(COCCOCCOCCOc3ccc(C)nn3)n2)nn1. The summed E-state index contributed by atoms with van der Waals surface area (Å²) in [5, 5.41) is 15.7. The van der Waals surface area contributed by atoms with Crippen molar-refractivity contribution < 1.29 is 37.9 Å². The van der Waals surface area contributed by atoms with Crippen molar-refractivity contribution in [3.8, 4) is 11.8 Å². The smallest absolute Gasteiger partial charge is 0.233 e.